The maximum Gasteiger partial charge on any atom is 0.297 e. The van der Waals surface area contributed by atoms with E-state index in [1.165, 1.54) is 19.4 Å². The topological polar surface area (TPSA) is 23.7 Å². The maximum absolute atomic E-state index is 13.0. The first kappa shape index (κ1) is 8.59. The van der Waals surface area contributed by atoms with Crippen LogP contribution in [0.3, 0.4) is 0 Å². The van der Waals surface area contributed by atoms with Gasteiger partial charge in [0.25, 0.3) is 7.11 Å². The van der Waals surface area contributed by atoms with Gasteiger partial charge in [0, 0.05) is 5.22 Å². The zero-order valence-electron chi connectivity index (χ0n) is 6.75. The molecular weight excluding hydrogens is 157 g/mol. The number of hydrogen-bond donors (Lipinski definition) is 0. The number of nitroso groups, excluding NO2 is 1. The van der Waals surface area contributed by atoms with Crippen LogP contribution in [-0.4, -0.2) is 7.11 Å². The second kappa shape index (κ2) is 3.76. The minimum absolute atomic E-state index is 0.344. The van der Waals surface area contributed by atoms with Crippen LogP contribution in [0, 0.1) is 10.4 Å². The highest BCUT2D eigenvalue weighted by Crippen LogP contribution is 1.82. The summed E-state index contributed by atoms with van der Waals surface area (Å²) < 4.78 is 17.4. The maximum atomic E-state index is 13.0. The molecule has 12 heavy (non-hydrogen) atoms. The molecular formula is C9H9FNO+. The molecule has 0 aromatic heterocycles. The molecule has 0 spiro atoms. The zero-order valence-corrected chi connectivity index (χ0v) is 6.75. The van der Waals surface area contributed by atoms with Gasteiger partial charge in [0.1, 0.15) is 17.2 Å². The Kier molecular flexibility index (Phi) is 2.69. The van der Waals surface area contributed by atoms with E-state index in [2.05, 4.69) is 16.3 Å². The molecule has 0 bridgehead atoms. The van der Waals surface area contributed by atoms with E-state index in [-0.39, 0.29) is 5.82 Å². The van der Waals surface area contributed by atoms with Crippen LogP contribution in [0.1, 0.15) is 0 Å². The van der Waals surface area contributed by atoms with Gasteiger partial charge in [-0.05, 0) is 17.4 Å². The second-order valence-electron chi connectivity index (χ2n) is 2.27. The molecule has 0 unspecified atom stereocenters. The SMILES string of the molecule is C=c1ccc(=CN=[O+]C)c(F)c1. The third-order valence-electron chi connectivity index (χ3n) is 1.36. The molecule has 3 heteroatoms. The van der Waals surface area contributed by atoms with Crippen molar-refractivity contribution in [3.8, 4) is 0 Å². The van der Waals surface area contributed by atoms with Crippen LogP contribution in [0.4, 0.5) is 4.39 Å². The fraction of sp³-hybridized carbons (Fsp3) is 0.111. The van der Waals surface area contributed by atoms with Gasteiger partial charge < -0.3 is 0 Å². The third-order valence-corrected chi connectivity index (χ3v) is 1.36. The van der Waals surface area contributed by atoms with Gasteiger partial charge >= 0.3 is 0 Å². The van der Waals surface area contributed by atoms with Crippen molar-refractivity contribution in [1.82, 2.24) is 0 Å². The normalized spacial score (nSPS) is 12.7. The Morgan fingerprint density at radius 1 is 1.58 bits per heavy atom. The number of benzene rings is 1. The Labute approximate surface area is 69.3 Å². The lowest BCUT2D eigenvalue weighted by Gasteiger charge is -1.86. The van der Waals surface area contributed by atoms with Crippen LogP contribution in [-0.2, 0) is 0 Å². The van der Waals surface area contributed by atoms with Crippen molar-refractivity contribution < 1.29 is 4.39 Å². The molecule has 62 valence electrons. The molecule has 1 aromatic carbocycles. The minimum Gasteiger partial charge on any atom is -0.206 e. The molecule has 0 fully saturated rings. The highest BCUT2D eigenvalue weighted by Gasteiger charge is 1.91. The second-order valence-corrected chi connectivity index (χ2v) is 2.27. The fourth-order valence-electron chi connectivity index (χ4n) is 0.785. The minimum atomic E-state index is -0.344. The van der Waals surface area contributed by atoms with Crippen LogP contribution in [0.25, 0.3) is 12.8 Å². The summed E-state index contributed by atoms with van der Waals surface area (Å²) >= 11 is 0. The van der Waals surface area contributed by atoms with Crippen molar-refractivity contribution in [2.75, 3.05) is 7.11 Å². The molecule has 1 rings (SSSR count). The van der Waals surface area contributed by atoms with Crippen molar-refractivity contribution in [2.45, 2.75) is 0 Å². The van der Waals surface area contributed by atoms with Crippen molar-refractivity contribution in [3.63, 3.8) is 0 Å². The van der Waals surface area contributed by atoms with Crippen molar-refractivity contribution in [3.05, 3.63) is 39.0 Å². The van der Waals surface area contributed by atoms with E-state index in [4.69, 9.17) is 0 Å². The number of rotatable bonds is 1. The van der Waals surface area contributed by atoms with E-state index in [0.717, 1.165) is 0 Å². The summed E-state index contributed by atoms with van der Waals surface area (Å²) in [6, 6.07) is 4.65. The lowest BCUT2D eigenvalue weighted by atomic mass is 10.2. The van der Waals surface area contributed by atoms with Crippen molar-refractivity contribution in [1.29, 1.82) is 0 Å². The van der Waals surface area contributed by atoms with Crippen LogP contribution in [0.5, 0.6) is 0 Å². The summed E-state index contributed by atoms with van der Waals surface area (Å²) in [5, 5.41) is 4.48. The molecule has 0 amide bonds. The van der Waals surface area contributed by atoms with Gasteiger partial charge in [-0.2, -0.15) is 0 Å². The van der Waals surface area contributed by atoms with E-state index in [0.29, 0.717) is 10.4 Å². The highest BCUT2D eigenvalue weighted by atomic mass is 19.1. The Morgan fingerprint density at radius 2 is 2.33 bits per heavy atom. The van der Waals surface area contributed by atoms with E-state index in [1.807, 2.05) is 0 Å². The highest BCUT2D eigenvalue weighted by molar-refractivity contribution is 5.24. The molecule has 0 radical (unpaired) electrons. The zero-order chi connectivity index (χ0) is 8.97. The van der Waals surface area contributed by atoms with Crippen molar-refractivity contribution in [2.24, 2.45) is 5.18 Å². The molecule has 0 saturated carbocycles. The third kappa shape index (κ3) is 1.99. The summed E-state index contributed by atoms with van der Waals surface area (Å²) in [7, 11) is 1.41. The van der Waals surface area contributed by atoms with E-state index in [1.54, 1.807) is 12.1 Å². The van der Waals surface area contributed by atoms with Gasteiger partial charge in [-0.1, -0.05) is 12.6 Å². The summed E-state index contributed by atoms with van der Waals surface area (Å²) in [5.74, 6) is -0.344. The monoisotopic (exact) mass is 166 g/mol. The molecule has 1 aromatic rings. The summed E-state index contributed by atoms with van der Waals surface area (Å²) in [6.07, 6.45) is 1.31. The molecule has 0 aliphatic carbocycles. The average molecular weight is 166 g/mol. The first-order valence-corrected chi connectivity index (χ1v) is 3.42. The largest absolute Gasteiger partial charge is 0.297 e. The molecule has 0 aliphatic heterocycles. The van der Waals surface area contributed by atoms with Gasteiger partial charge in [0.05, 0.1) is 0 Å². The van der Waals surface area contributed by atoms with Gasteiger partial charge in [0.2, 0.25) is 0 Å². The number of halogens is 1. The smallest absolute Gasteiger partial charge is 0.206 e. The lowest BCUT2D eigenvalue weighted by Crippen LogP contribution is -2.11. The Balaban J connectivity index is 3.27. The Hall–Kier alpha value is -1.51. The fourth-order valence-corrected chi connectivity index (χ4v) is 0.785. The first-order chi connectivity index (χ1) is 5.74. The first-order valence-electron chi connectivity index (χ1n) is 3.42. The molecule has 0 atom stereocenters. The van der Waals surface area contributed by atoms with Crippen LogP contribution >= 0.6 is 0 Å². The van der Waals surface area contributed by atoms with Crippen LogP contribution in [0.15, 0.2) is 23.4 Å². The summed E-state index contributed by atoms with van der Waals surface area (Å²) in [6.45, 7) is 3.59. The average Bonchev–Trinajstić information content (AvgIpc) is 2.03. The quantitative estimate of drug-likeness (QED) is 0.554. The Bertz CT molecular complexity index is 397. The molecule has 0 heterocycles. The van der Waals surface area contributed by atoms with E-state index < -0.39 is 0 Å². The van der Waals surface area contributed by atoms with Gasteiger partial charge in [0.15, 0.2) is 0 Å². The predicted molar refractivity (Wildman–Crippen MR) is 47.4 cm³/mol. The number of hydrogen-bond acceptors (Lipinski definition) is 1. The lowest BCUT2D eigenvalue weighted by molar-refractivity contribution is 0.617. The van der Waals surface area contributed by atoms with Gasteiger partial charge in [-0.3, -0.25) is 0 Å². The molecule has 0 N–H and O–H groups in total. The van der Waals surface area contributed by atoms with E-state index in [9.17, 15) is 4.39 Å². The Morgan fingerprint density at radius 3 is 2.92 bits per heavy atom. The summed E-state index contributed by atoms with van der Waals surface area (Å²) in [4.78, 5) is 0. The van der Waals surface area contributed by atoms with Gasteiger partial charge in [-0.25, -0.2) is 4.39 Å². The standard InChI is InChI=1S/C9H9FNO/c1-7-3-4-8(6-11-12-2)9(10)5-7/h3-6H,1H2,2H3/q+1. The van der Waals surface area contributed by atoms with Crippen molar-refractivity contribution >= 4 is 12.8 Å². The van der Waals surface area contributed by atoms with Crippen LogP contribution in [0.2, 0.25) is 0 Å². The molecule has 0 saturated heterocycles. The number of nitrogens with zero attached hydrogens (tertiary/aromatic N) is 1. The van der Waals surface area contributed by atoms with E-state index >= 15 is 0 Å². The summed E-state index contributed by atoms with van der Waals surface area (Å²) in [5.41, 5.74) is 0. The predicted octanol–water partition coefficient (Wildman–Crippen LogP) is 0.906. The van der Waals surface area contributed by atoms with Crippen LogP contribution < -0.4 is 10.4 Å². The molecule has 2 nitrogen and oxygen atoms in total. The molecule has 0 aliphatic rings. The van der Waals surface area contributed by atoms with Gasteiger partial charge in [-0.15, -0.1) is 4.54 Å².